The maximum atomic E-state index is 12.1. The molecule has 3 heterocycles. The van der Waals surface area contributed by atoms with Crippen LogP contribution < -0.4 is 5.69 Å². The Hall–Kier alpha value is -1.85. The number of rotatable bonds is 2. The normalized spacial score (nSPS) is 14.9. The number of aromatic amines is 1. The molecule has 17 heavy (non-hydrogen) atoms. The molecule has 6 heteroatoms. The Labute approximate surface area is 98.3 Å². The van der Waals surface area contributed by atoms with E-state index in [4.69, 9.17) is 0 Å². The number of hydrogen-bond acceptors (Lipinski definition) is 3. The smallest absolute Gasteiger partial charge is 0.283 e. The zero-order valence-corrected chi connectivity index (χ0v) is 9.81. The zero-order chi connectivity index (χ0) is 11.8. The summed E-state index contributed by atoms with van der Waals surface area (Å²) in [5.74, 6) is 0.911. The Morgan fingerprint density at radius 2 is 2.35 bits per heavy atom. The average molecular weight is 233 g/mol. The molecule has 90 valence electrons. The lowest BCUT2D eigenvalue weighted by Gasteiger charge is -2.09. The van der Waals surface area contributed by atoms with Crippen LogP contribution in [0.5, 0.6) is 0 Å². The third-order valence-electron chi connectivity index (χ3n) is 3.10. The first-order chi connectivity index (χ1) is 8.24. The third kappa shape index (κ3) is 1.79. The van der Waals surface area contributed by atoms with Gasteiger partial charge in [-0.1, -0.05) is 0 Å². The zero-order valence-electron chi connectivity index (χ0n) is 9.81. The largest absolute Gasteiger partial charge is 0.346 e. The molecule has 0 radical (unpaired) electrons. The van der Waals surface area contributed by atoms with Crippen LogP contribution in [0.3, 0.4) is 0 Å². The molecule has 2 aromatic rings. The summed E-state index contributed by atoms with van der Waals surface area (Å²) in [6, 6.07) is 1.94. The van der Waals surface area contributed by atoms with Crippen molar-refractivity contribution in [1.82, 2.24) is 24.5 Å². The van der Waals surface area contributed by atoms with E-state index in [1.54, 1.807) is 4.57 Å². The lowest BCUT2D eigenvalue weighted by Crippen LogP contribution is -2.27. The van der Waals surface area contributed by atoms with E-state index < -0.39 is 0 Å². The van der Waals surface area contributed by atoms with Gasteiger partial charge in [-0.05, 0) is 25.8 Å². The Morgan fingerprint density at radius 3 is 3.06 bits per heavy atom. The molecule has 0 bridgehead atoms. The number of H-pyrrole nitrogens is 1. The molecule has 0 aromatic carbocycles. The number of hydrogen-bond donors (Lipinski definition) is 1. The molecule has 0 unspecified atom stereocenters. The molecule has 3 rings (SSSR count). The van der Waals surface area contributed by atoms with Gasteiger partial charge in [0.05, 0.1) is 12.2 Å². The molecule has 1 aliphatic heterocycles. The molecular weight excluding hydrogens is 218 g/mol. The second kappa shape index (κ2) is 3.87. The average Bonchev–Trinajstić information content (AvgIpc) is 2.86. The molecule has 0 saturated heterocycles. The first-order valence-corrected chi connectivity index (χ1v) is 5.91. The summed E-state index contributed by atoms with van der Waals surface area (Å²) in [4.78, 5) is 12.1. The summed E-state index contributed by atoms with van der Waals surface area (Å²) in [7, 11) is 0. The fourth-order valence-corrected chi connectivity index (χ4v) is 2.26. The van der Waals surface area contributed by atoms with Gasteiger partial charge in [-0.15, -0.1) is 0 Å². The van der Waals surface area contributed by atoms with Crippen molar-refractivity contribution in [2.45, 2.75) is 39.3 Å². The van der Waals surface area contributed by atoms with Crippen molar-refractivity contribution in [3.05, 3.63) is 33.8 Å². The van der Waals surface area contributed by atoms with Crippen molar-refractivity contribution >= 4 is 0 Å². The number of aryl methyl sites for hydroxylation is 2. The molecule has 2 aromatic heterocycles. The number of aromatic nitrogens is 5. The van der Waals surface area contributed by atoms with E-state index in [1.807, 2.05) is 13.0 Å². The molecule has 1 aliphatic rings. The van der Waals surface area contributed by atoms with Crippen LogP contribution >= 0.6 is 0 Å². The van der Waals surface area contributed by atoms with Gasteiger partial charge in [0.2, 0.25) is 0 Å². The van der Waals surface area contributed by atoms with Crippen molar-refractivity contribution in [2.24, 2.45) is 0 Å². The van der Waals surface area contributed by atoms with Gasteiger partial charge >= 0.3 is 5.69 Å². The van der Waals surface area contributed by atoms with E-state index >= 15 is 0 Å². The Balaban J connectivity index is 1.93. The minimum absolute atomic E-state index is 0.0136. The highest BCUT2D eigenvalue weighted by atomic mass is 16.2. The summed E-state index contributed by atoms with van der Waals surface area (Å²) >= 11 is 0. The van der Waals surface area contributed by atoms with Gasteiger partial charge in [0.25, 0.3) is 0 Å². The molecule has 0 spiro atoms. The van der Waals surface area contributed by atoms with Crippen molar-refractivity contribution < 1.29 is 0 Å². The van der Waals surface area contributed by atoms with E-state index in [1.165, 1.54) is 4.68 Å². The Morgan fingerprint density at radius 1 is 1.47 bits per heavy atom. The third-order valence-corrected chi connectivity index (χ3v) is 3.10. The van der Waals surface area contributed by atoms with Crippen LogP contribution in [0, 0.1) is 6.92 Å². The van der Waals surface area contributed by atoms with Crippen molar-refractivity contribution in [3.63, 3.8) is 0 Å². The van der Waals surface area contributed by atoms with E-state index in [0.717, 1.165) is 43.0 Å². The van der Waals surface area contributed by atoms with Gasteiger partial charge in [-0.3, -0.25) is 9.67 Å². The molecule has 0 fully saturated rings. The summed E-state index contributed by atoms with van der Waals surface area (Å²) in [6.45, 7) is 3.19. The van der Waals surface area contributed by atoms with Gasteiger partial charge in [0, 0.05) is 18.7 Å². The SMILES string of the molecule is Cc1cc(Cn2nc3n(c2=O)CCCC3)n[nH]1. The molecule has 6 nitrogen and oxygen atoms in total. The van der Waals surface area contributed by atoms with Crippen LogP contribution in [0.1, 0.15) is 30.1 Å². The van der Waals surface area contributed by atoms with Crippen LogP contribution in [0.25, 0.3) is 0 Å². The van der Waals surface area contributed by atoms with E-state index in [2.05, 4.69) is 15.3 Å². The highest BCUT2D eigenvalue weighted by Crippen LogP contribution is 2.09. The molecular formula is C11H15N5O. The summed E-state index contributed by atoms with van der Waals surface area (Å²) in [5, 5.41) is 11.4. The minimum Gasteiger partial charge on any atom is -0.283 e. The van der Waals surface area contributed by atoms with Crippen LogP contribution in [-0.4, -0.2) is 24.5 Å². The first kappa shape index (κ1) is 10.3. The van der Waals surface area contributed by atoms with Gasteiger partial charge in [0.1, 0.15) is 5.82 Å². The summed E-state index contributed by atoms with van der Waals surface area (Å²) < 4.78 is 3.29. The Bertz CT molecular complexity index is 591. The van der Waals surface area contributed by atoms with Crippen molar-refractivity contribution in [1.29, 1.82) is 0 Å². The van der Waals surface area contributed by atoms with Gasteiger partial charge < -0.3 is 0 Å². The lowest BCUT2D eigenvalue weighted by atomic mass is 10.2. The Kier molecular flexibility index (Phi) is 2.35. The van der Waals surface area contributed by atoms with Gasteiger partial charge in [0.15, 0.2) is 0 Å². The predicted molar refractivity (Wildman–Crippen MR) is 61.9 cm³/mol. The van der Waals surface area contributed by atoms with Crippen molar-refractivity contribution in [2.75, 3.05) is 0 Å². The van der Waals surface area contributed by atoms with Crippen LogP contribution in [0.2, 0.25) is 0 Å². The number of nitrogens with one attached hydrogen (secondary N) is 1. The molecule has 0 aliphatic carbocycles. The minimum atomic E-state index is -0.0136. The second-order valence-corrected chi connectivity index (χ2v) is 4.51. The summed E-state index contributed by atoms with van der Waals surface area (Å²) in [5.41, 5.74) is 1.83. The van der Waals surface area contributed by atoms with Gasteiger partial charge in [-0.25, -0.2) is 9.48 Å². The van der Waals surface area contributed by atoms with Gasteiger partial charge in [-0.2, -0.15) is 10.2 Å². The fourth-order valence-electron chi connectivity index (χ4n) is 2.26. The van der Waals surface area contributed by atoms with E-state index in [9.17, 15) is 4.79 Å². The lowest BCUT2D eigenvalue weighted by molar-refractivity contribution is 0.511. The quantitative estimate of drug-likeness (QED) is 0.819. The number of nitrogens with zero attached hydrogens (tertiary/aromatic N) is 4. The number of fused-ring (bicyclic) bond motifs is 1. The summed E-state index contributed by atoms with van der Waals surface area (Å²) in [6.07, 6.45) is 3.10. The fraction of sp³-hybridized carbons (Fsp3) is 0.545. The second-order valence-electron chi connectivity index (χ2n) is 4.51. The highest BCUT2D eigenvalue weighted by Gasteiger charge is 2.16. The molecule has 0 atom stereocenters. The first-order valence-electron chi connectivity index (χ1n) is 5.91. The highest BCUT2D eigenvalue weighted by molar-refractivity contribution is 5.07. The molecule has 0 saturated carbocycles. The molecule has 1 N–H and O–H groups in total. The van der Waals surface area contributed by atoms with E-state index in [-0.39, 0.29) is 5.69 Å². The molecule has 0 amide bonds. The predicted octanol–water partition coefficient (Wildman–Crippen LogP) is 0.461. The standard InChI is InChI=1S/C11H15N5O/c1-8-6-9(13-12-8)7-16-11(17)15-5-3-2-4-10(15)14-16/h6H,2-5,7H2,1H3,(H,12,13). The van der Waals surface area contributed by atoms with Crippen molar-refractivity contribution in [3.8, 4) is 0 Å². The maximum absolute atomic E-state index is 12.1. The maximum Gasteiger partial charge on any atom is 0.346 e. The monoisotopic (exact) mass is 233 g/mol. The van der Waals surface area contributed by atoms with E-state index in [0.29, 0.717) is 6.54 Å². The van der Waals surface area contributed by atoms with Crippen LogP contribution in [-0.2, 0) is 19.5 Å². The van der Waals surface area contributed by atoms with Crippen LogP contribution in [0.4, 0.5) is 0 Å². The topological polar surface area (TPSA) is 68.5 Å². The van der Waals surface area contributed by atoms with Crippen LogP contribution in [0.15, 0.2) is 10.9 Å².